The summed E-state index contributed by atoms with van der Waals surface area (Å²) in [6, 6.07) is 0. The van der Waals surface area contributed by atoms with Crippen molar-refractivity contribution in [2.45, 2.75) is 110 Å². The summed E-state index contributed by atoms with van der Waals surface area (Å²) in [5.41, 5.74) is 0. The van der Waals surface area contributed by atoms with Crippen LogP contribution in [0.15, 0.2) is 0 Å². The molecule has 0 aromatic heterocycles. The van der Waals surface area contributed by atoms with Gasteiger partial charge in [0.25, 0.3) is 0 Å². The lowest BCUT2D eigenvalue weighted by Gasteiger charge is -2.18. The summed E-state index contributed by atoms with van der Waals surface area (Å²) in [5.74, 6) is 0.0781. The van der Waals surface area contributed by atoms with Gasteiger partial charge < -0.3 is 28.4 Å². The molecule has 0 bridgehead atoms. The van der Waals surface area contributed by atoms with Crippen LogP contribution in [0.1, 0.15) is 110 Å². The van der Waals surface area contributed by atoms with E-state index >= 15 is 0 Å². The van der Waals surface area contributed by atoms with Crippen molar-refractivity contribution in [3.63, 3.8) is 0 Å². The summed E-state index contributed by atoms with van der Waals surface area (Å²) in [5, 5.41) is 0. The maximum atomic E-state index is 11.5. The third kappa shape index (κ3) is 26.3. The van der Waals surface area contributed by atoms with E-state index in [0.29, 0.717) is 19.6 Å². The molecule has 0 fully saturated rings. The molecule has 0 aromatic rings. The molecule has 33 heavy (non-hydrogen) atoms. The Morgan fingerprint density at radius 3 is 1.85 bits per heavy atom. The maximum Gasteiger partial charge on any atom is 0.329 e. The van der Waals surface area contributed by atoms with E-state index in [9.17, 15) is 9.69 Å². The molecule has 0 saturated heterocycles. The average molecular weight is 492 g/mol. The van der Waals surface area contributed by atoms with Crippen LogP contribution in [0.4, 0.5) is 0 Å². The van der Waals surface area contributed by atoms with Crippen molar-refractivity contribution < 1.29 is 23.5 Å². The zero-order valence-electron chi connectivity index (χ0n) is 22.2. The largest absolute Gasteiger partial charge is 0.381 e. The highest BCUT2D eigenvalue weighted by molar-refractivity contribution is 7.40. The molecule has 1 N–H and O–H groups in total. The highest BCUT2D eigenvalue weighted by atomic mass is 31.2. The molecule has 0 rings (SSSR count). The topological polar surface area (TPSA) is 68.2 Å². The first-order valence-corrected chi connectivity index (χ1v) is 14.6. The van der Waals surface area contributed by atoms with Gasteiger partial charge in [0.2, 0.25) is 0 Å². The molecular formula is C26H54NO5P. The number of hydrogen-bond donors (Lipinski definition) is 1. The summed E-state index contributed by atoms with van der Waals surface area (Å²) in [6.45, 7) is 6.72. The normalized spacial score (nSPS) is 13.5. The van der Waals surface area contributed by atoms with Crippen LogP contribution in [0, 0.1) is 5.92 Å². The van der Waals surface area contributed by atoms with Crippen LogP contribution < -0.4 is 0 Å². The smallest absolute Gasteiger partial charge is 0.329 e. The molecule has 198 valence electrons. The van der Waals surface area contributed by atoms with Crippen LogP contribution in [-0.4, -0.2) is 62.6 Å². The number of ether oxygens (including phenoxy) is 1. The van der Waals surface area contributed by atoms with Crippen LogP contribution in [-0.2, 0) is 18.6 Å². The van der Waals surface area contributed by atoms with Crippen LogP contribution in [0.3, 0.4) is 0 Å². The Morgan fingerprint density at radius 1 is 0.788 bits per heavy atom. The lowest BCUT2D eigenvalue weighted by atomic mass is 10.0. The first-order chi connectivity index (χ1) is 16.0. The Labute approximate surface area is 206 Å². The summed E-state index contributed by atoms with van der Waals surface area (Å²) >= 11 is 0. The van der Waals surface area contributed by atoms with Crippen molar-refractivity contribution in [3.05, 3.63) is 0 Å². The van der Waals surface area contributed by atoms with Gasteiger partial charge in [-0.2, -0.15) is 0 Å². The standard InChI is InChI=1S/C26H54NO5P/c1-5-6-7-8-9-10-11-12-13-14-15-16-17-20-30-23-26(22-25(2)28)24-32-33(29)31-21-18-19-27(3)4/h26,29H,5-24H2,1-4H3. The van der Waals surface area contributed by atoms with Crippen molar-refractivity contribution in [2.24, 2.45) is 5.92 Å². The second-order valence-electron chi connectivity index (χ2n) is 9.61. The van der Waals surface area contributed by atoms with Gasteiger partial charge in [0, 0.05) is 18.9 Å². The van der Waals surface area contributed by atoms with Crippen LogP contribution >= 0.6 is 8.60 Å². The summed E-state index contributed by atoms with van der Waals surface area (Å²) in [6.07, 6.45) is 18.6. The Bertz CT molecular complexity index is 425. The molecule has 0 aliphatic rings. The summed E-state index contributed by atoms with van der Waals surface area (Å²) < 4.78 is 16.6. The highest BCUT2D eigenvalue weighted by Crippen LogP contribution is 2.33. The molecule has 7 heteroatoms. The Hall–Kier alpha value is -0.100. The number of hydrogen-bond acceptors (Lipinski definition) is 6. The molecule has 0 spiro atoms. The first-order valence-electron chi connectivity index (χ1n) is 13.4. The fourth-order valence-corrected chi connectivity index (χ4v) is 4.47. The molecular weight excluding hydrogens is 437 g/mol. The molecule has 0 aliphatic carbocycles. The SMILES string of the molecule is CCCCCCCCCCCCCCCOCC(COP(O)OCCCN(C)C)CC(C)=O. The number of unbranched alkanes of at least 4 members (excludes halogenated alkanes) is 12. The number of Topliss-reactive ketones (excluding diaryl/α,β-unsaturated/α-hetero) is 1. The van der Waals surface area contributed by atoms with E-state index in [-0.39, 0.29) is 18.3 Å². The van der Waals surface area contributed by atoms with Gasteiger partial charge in [-0.05, 0) is 40.4 Å². The van der Waals surface area contributed by atoms with Gasteiger partial charge in [0.15, 0.2) is 0 Å². The Kier molecular flexibility index (Phi) is 24.9. The maximum absolute atomic E-state index is 11.5. The molecule has 0 saturated carbocycles. The van der Waals surface area contributed by atoms with Crippen LogP contribution in [0.25, 0.3) is 0 Å². The van der Waals surface area contributed by atoms with E-state index in [1.807, 2.05) is 14.1 Å². The van der Waals surface area contributed by atoms with Crippen molar-refractivity contribution >= 4 is 14.4 Å². The summed E-state index contributed by atoms with van der Waals surface area (Å²) in [7, 11) is 2.11. The predicted molar refractivity (Wildman–Crippen MR) is 140 cm³/mol. The fourth-order valence-electron chi connectivity index (χ4n) is 3.77. The van der Waals surface area contributed by atoms with Gasteiger partial charge in [-0.15, -0.1) is 0 Å². The fraction of sp³-hybridized carbons (Fsp3) is 0.962. The minimum atomic E-state index is -1.89. The molecule has 0 aromatic carbocycles. The Morgan fingerprint density at radius 2 is 1.33 bits per heavy atom. The molecule has 2 atom stereocenters. The average Bonchev–Trinajstić information content (AvgIpc) is 2.77. The van der Waals surface area contributed by atoms with Gasteiger partial charge >= 0.3 is 8.60 Å². The minimum Gasteiger partial charge on any atom is -0.381 e. The van der Waals surface area contributed by atoms with E-state index in [1.165, 1.54) is 77.0 Å². The predicted octanol–water partition coefficient (Wildman–Crippen LogP) is 6.89. The highest BCUT2D eigenvalue weighted by Gasteiger charge is 2.16. The third-order valence-corrected chi connectivity index (χ3v) is 6.47. The molecule has 0 amide bonds. The van der Waals surface area contributed by atoms with Gasteiger partial charge in [-0.3, -0.25) is 0 Å². The number of rotatable bonds is 26. The van der Waals surface area contributed by atoms with Gasteiger partial charge in [0.1, 0.15) is 5.78 Å². The molecule has 0 radical (unpaired) electrons. The lowest BCUT2D eigenvalue weighted by Crippen LogP contribution is -2.19. The van der Waals surface area contributed by atoms with E-state index in [0.717, 1.165) is 26.0 Å². The van der Waals surface area contributed by atoms with Crippen molar-refractivity contribution in [2.75, 3.05) is 47.1 Å². The van der Waals surface area contributed by atoms with Crippen molar-refractivity contribution in [3.8, 4) is 0 Å². The number of carbonyl (C=O) groups excluding carboxylic acids is 1. The molecule has 0 heterocycles. The zero-order valence-corrected chi connectivity index (χ0v) is 23.1. The minimum absolute atomic E-state index is 0.0352. The van der Waals surface area contributed by atoms with Gasteiger partial charge in [0.05, 0.1) is 19.8 Å². The molecule has 6 nitrogen and oxygen atoms in total. The molecule has 0 aliphatic heterocycles. The number of nitrogens with zero attached hydrogens (tertiary/aromatic N) is 1. The molecule has 2 unspecified atom stereocenters. The first kappa shape index (κ1) is 32.9. The van der Waals surface area contributed by atoms with Crippen LogP contribution in [0.5, 0.6) is 0 Å². The van der Waals surface area contributed by atoms with Gasteiger partial charge in [-0.25, -0.2) is 0 Å². The second-order valence-corrected chi connectivity index (χ2v) is 10.6. The quantitative estimate of drug-likeness (QED) is 0.105. The monoisotopic (exact) mass is 491 g/mol. The van der Waals surface area contributed by atoms with Crippen molar-refractivity contribution in [1.82, 2.24) is 4.90 Å². The number of carbonyl (C=O) groups is 1. The zero-order chi connectivity index (χ0) is 24.6. The van der Waals surface area contributed by atoms with E-state index in [2.05, 4.69) is 11.8 Å². The second kappa shape index (κ2) is 25.0. The Balaban J connectivity index is 3.63. The number of ketones is 1. The van der Waals surface area contributed by atoms with Gasteiger partial charge in [-0.1, -0.05) is 84.0 Å². The van der Waals surface area contributed by atoms with E-state index in [4.69, 9.17) is 13.8 Å². The van der Waals surface area contributed by atoms with E-state index in [1.54, 1.807) is 6.92 Å². The van der Waals surface area contributed by atoms with Crippen LogP contribution in [0.2, 0.25) is 0 Å². The van der Waals surface area contributed by atoms with Crippen molar-refractivity contribution in [1.29, 1.82) is 0 Å². The third-order valence-electron chi connectivity index (χ3n) is 5.69. The van der Waals surface area contributed by atoms with E-state index < -0.39 is 8.60 Å². The summed E-state index contributed by atoms with van der Waals surface area (Å²) in [4.78, 5) is 23.5. The lowest BCUT2D eigenvalue weighted by molar-refractivity contribution is -0.118.